The number of benzene rings is 1. The number of nitriles is 1. The Kier molecular flexibility index (Phi) is 5.23. The number of nitrogens with zero attached hydrogens (tertiary/aromatic N) is 2. The quantitative estimate of drug-likeness (QED) is 0.369. The Labute approximate surface area is 116 Å². The number of anilines is 1. The highest BCUT2D eigenvalue weighted by Crippen LogP contribution is 2.23. The standard InChI is InChI=1S/C13H14N4O3/c1-9(2)15-8-10(7-14)13(18)16-11-5-3-4-6-12(11)17(19)20/h3-6,8-9,15H,1-2H3,(H,16,18)/b10-8-. The van der Waals surface area contributed by atoms with Gasteiger partial charge in [0.2, 0.25) is 0 Å². The van der Waals surface area contributed by atoms with E-state index in [9.17, 15) is 14.9 Å². The summed E-state index contributed by atoms with van der Waals surface area (Å²) in [6.07, 6.45) is 1.29. The van der Waals surface area contributed by atoms with Gasteiger partial charge in [-0.15, -0.1) is 0 Å². The van der Waals surface area contributed by atoms with Gasteiger partial charge in [-0.05, 0) is 19.9 Å². The van der Waals surface area contributed by atoms with Gasteiger partial charge >= 0.3 is 0 Å². The molecule has 0 fully saturated rings. The molecule has 0 heterocycles. The molecule has 7 nitrogen and oxygen atoms in total. The van der Waals surface area contributed by atoms with Crippen molar-refractivity contribution in [1.82, 2.24) is 5.32 Å². The zero-order chi connectivity index (χ0) is 15.1. The Hall–Kier alpha value is -2.88. The lowest BCUT2D eigenvalue weighted by Gasteiger charge is -2.07. The van der Waals surface area contributed by atoms with Crippen LogP contribution in [-0.2, 0) is 4.79 Å². The summed E-state index contributed by atoms with van der Waals surface area (Å²) in [7, 11) is 0. The number of carbonyl (C=O) groups excluding carboxylic acids is 1. The summed E-state index contributed by atoms with van der Waals surface area (Å²) in [5.41, 5.74) is -0.333. The van der Waals surface area contributed by atoms with Gasteiger partial charge in [0, 0.05) is 18.3 Å². The molecule has 2 N–H and O–H groups in total. The van der Waals surface area contributed by atoms with E-state index in [2.05, 4.69) is 10.6 Å². The van der Waals surface area contributed by atoms with Gasteiger partial charge in [-0.25, -0.2) is 0 Å². The van der Waals surface area contributed by atoms with Crippen molar-refractivity contribution >= 4 is 17.3 Å². The Morgan fingerprint density at radius 2 is 2.10 bits per heavy atom. The summed E-state index contributed by atoms with van der Waals surface area (Å²) in [5.74, 6) is -0.699. The molecule has 0 aliphatic rings. The van der Waals surface area contributed by atoms with E-state index in [1.807, 2.05) is 13.8 Å². The topological polar surface area (TPSA) is 108 Å². The number of carbonyl (C=O) groups is 1. The zero-order valence-corrected chi connectivity index (χ0v) is 11.1. The molecule has 0 aliphatic carbocycles. The van der Waals surface area contributed by atoms with Crippen molar-refractivity contribution < 1.29 is 9.72 Å². The van der Waals surface area contributed by atoms with Gasteiger partial charge in [0.1, 0.15) is 17.3 Å². The molecular weight excluding hydrogens is 260 g/mol. The minimum absolute atomic E-state index is 0.0493. The highest BCUT2D eigenvalue weighted by molar-refractivity contribution is 6.07. The lowest BCUT2D eigenvalue weighted by atomic mass is 10.2. The third-order valence-corrected chi connectivity index (χ3v) is 2.28. The van der Waals surface area contributed by atoms with Crippen LogP contribution in [0.3, 0.4) is 0 Å². The second-order valence-corrected chi connectivity index (χ2v) is 4.22. The van der Waals surface area contributed by atoms with Crippen molar-refractivity contribution in [2.24, 2.45) is 0 Å². The van der Waals surface area contributed by atoms with Crippen LogP contribution < -0.4 is 10.6 Å². The molecule has 0 radical (unpaired) electrons. The highest BCUT2D eigenvalue weighted by atomic mass is 16.6. The van der Waals surface area contributed by atoms with Crippen LogP contribution in [0, 0.1) is 21.4 Å². The monoisotopic (exact) mass is 274 g/mol. The number of rotatable bonds is 5. The van der Waals surface area contributed by atoms with Crippen molar-refractivity contribution in [1.29, 1.82) is 5.26 Å². The Morgan fingerprint density at radius 3 is 2.65 bits per heavy atom. The van der Waals surface area contributed by atoms with Gasteiger partial charge in [0.05, 0.1) is 4.92 Å². The van der Waals surface area contributed by atoms with E-state index in [1.54, 1.807) is 12.1 Å². The smallest absolute Gasteiger partial charge is 0.292 e. The van der Waals surface area contributed by atoms with Crippen LogP contribution in [0.2, 0.25) is 0 Å². The fourth-order valence-electron chi connectivity index (χ4n) is 1.33. The van der Waals surface area contributed by atoms with E-state index in [4.69, 9.17) is 5.26 Å². The summed E-state index contributed by atoms with van der Waals surface area (Å²) in [4.78, 5) is 22.1. The van der Waals surface area contributed by atoms with Crippen molar-refractivity contribution in [3.05, 3.63) is 46.2 Å². The van der Waals surface area contributed by atoms with Crippen LogP contribution in [0.5, 0.6) is 0 Å². The molecule has 0 atom stereocenters. The normalized spacial score (nSPS) is 10.8. The summed E-state index contributed by atoms with van der Waals surface area (Å²) < 4.78 is 0. The second-order valence-electron chi connectivity index (χ2n) is 4.22. The molecule has 1 aromatic rings. The number of para-hydroxylation sites is 2. The molecule has 20 heavy (non-hydrogen) atoms. The van der Waals surface area contributed by atoms with Crippen LogP contribution in [0.15, 0.2) is 36.0 Å². The van der Waals surface area contributed by atoms with E-state index in [0.717, 1.165) is 0 Å². The first-order chi connectivity index (χ1) is 9.45. The summed E-state index contributed by atoms with van der Waals surface area (Å²) >= 11 is 0. The molecule has 1 rings (SSSR count). The molecule has 0 aromatic heterocycles. The van der Waals surface area contributed by atoms with Crippen LogP contribution in [0.4, 0.5) is 11.4 Å². The fraction of sp³-hybridized carbons (Fsp3) is 0.231. The van der Waals surface area contributed by atoms with E-state index >= 15 is 0 Å². The van der Waals surface area contributed by atoms with Gasteiger partial charge in [-0.1, -0.05) is 12.1 Å². The van der Waals surface area contributed by atoms with Gasteiger partial charge in [0.15, 0.2) is 0 Å². The number of amides is 1. The zero-order valence-electron chi connectivity index (χ0n) is 11.1. The molecular formula is C13H14N4O3. The highest BCUT2D eigenvalue weighted by Gasteiger charge is 2.17. The Bertz CT molecular complexity index is 588. The van der Waals surface area contributed by atoms with Crippen LogP contribution in [-0.4, -0.2) is 16.9 Å². The molecule has 0 aliphatic heterocycles. The van der Waals surface area contributed by atoms with Gasteiger partial charge in [-0.3, -0.25) is 14.9 Å². The SMILES string of the molecule is CC(C)N/C=C(/C#N)C(=O)Nc1ccccc1[N+](=O)[O-]. The number of hydrogen-bond donors (Lipinski definition) is 2. The van der Waals surface area contributed by atoms with Gasteiger partial charge < -0.3 is 10.6 Å². The number of nitro benzene ring substituents is 1. The molecule has 0 saturated heterocycles. The fourth-order valence-corrected chi connectivity index (χ4v) is 1.33. The van der Waals surface area contributed by atoms with Crippen molar-refractivity contribution in [3.8, 4) is 6.07 Å². The molecule has 1 amide bonds. The number of hydrogen-bond acceptors (Lipinski definition) is 5. The minimum Gasteiger partial charge on any atom is -0.387 e. The maximum atomic E-state index is 11.9. The first-order valence-electron chi connectivity index (χ1n) is 5.86. The van der Waals surface area contributed by atoms with E-state index in [-0.39, 0.29) is 23.0 Å². The van der Waals surface area contributed by atoms with Crippen LogP contribution >= 0.6 is 0 Å². The van der Waals surface area contributed by atoms with Gasteiger partial charge in [0.25, 0.3) is 11.6 Å². The number of nitro groups is 1. The Morgan fingerprint density at radius 1 is 1.45 bits per heavy atom. The van der Waals surface area contributed by atoms with Crippen molar-refractivity contribution in [3.63, 3.8) is 0 Å². The van der Waals surface area contributed by atoms with Crippen LogP contribution in [0.1, 0.15) is 13.8 Å². The largest absolute Gasteiger partial charge is 0.387 e. The first-order valence-corrected chi connectivity index (χ1v) is 5.86. The first kappa shape index (κ1) is 15.2. The summed E-state index contributed by atoms with van der Waals surface area (Å²) in [5, 5.41) is 24.9. The molecule has 104 valence electrons. The average Bonchev–Trinajstić information content (AvgIpc) is 2.39. The summed E-state index contributed by atoms with van der Waals surface area (Å²) in [6, 6.07) is 7.54. The lowest BCUT2D eigenvalue weighted by Crippen LogP contribution is -2.20. The van der Waals surface area contributed by atoms with Gasteiger partial charge in [-0.2, -0.15) is 5.26 Å². The molecule has 1 aromatic carbocycles. The second kappa shape index (κ2) is 6.89. The third-order valence-electron chi connectivity index (χ3n) is 2.28. The van der Waals surface area contributed by atoms with E-state index in [1.165, 1.54) is 24.4 Å². The van der Waals surface area contributed by atoms with E-state index < -0.39 is 10.8 Å². The Balaban J connectivity index is 2.93. The maximum absolute atomic E-state index is 11.9. The van der Waals surface area contributed by atoms with E-state index in [0.29, 0.717) is 0 Å². The third kappa shape index (κ3) is 4.10. The molecule has 0 unspecified atom stereocenters. The summed E-state index contributed by atoms with van der Waals surface area (Å²) in [6.45, 7) is 3.71. The predicted octanol–water partition coefficient (Wildman–Crippen LogP) is 1.94. The maximum Gasteiger partial charge on any atom is 0.292 e. The minimum atomic E-state index is -0.699. The average molecular weight is 274 g/mol. The lowest BCUT2D eigenvalue weighted by molar-refractivity contribution is -0.383. The van der Waals surface area contributed by atoms with Crippen molar-refractivity contribution in [2.45, 2.75) is 19.9 Å². The molecule has 0 spiro atoms. The molecule has 7 heteroatoms. The predicted molar refractivity (Wildman–Crippen MR) is 73.7 cm³/mol. The number of nitrogens with one attached hydrogen (secondary N) is 2. The van der Waals surface area contributed by atoms with Crippen molar-refractivity contribution in [2.75, 3.05) is 5.32 Å². The molecule has 0 saturated carbocycles. The van der Waals surface area contributed by atoms with Crippen LogP contribution in [0.25, 0.3) is 0 Å². The molecule has 0 bridgehead atoms.